The Morgan fingerprint density at radius 1 is 1.37 bits per heavy atom. The molecule has 1 heterocycles. The zero-order chi connectivity index (χ0) is 13.8. The number of likely N-dealkylation sites (tertiary alicyclic amines) is 1. The molecule has 0 radical (unpaired) electrons. The zero-order valence-electron chi connectivity index (χ0n) is 11.4. The van der Waals surface area contributed by atoms with Gasteiger partial charge in [-0.2, -0.15) is 0 Å². The van der Waals surface area contributed by atoms with Crippen LogP contribution in [0.1, 0.15) is 23.2 Å². The molecule has 104 valence electrons. The summed E-state index contributed by atoms with van der Waals surface area (Å²) in [5.41, 5.74) is 13.3. The van der Waals surface area contributed by atoms with Crippen molar-refractivity contribution in [2.75, 3.05) is 43.9 Å². The lowest BCUT2D eigenvalue weighted by Gasteiger charge is -2.24. The van der Waals surface area contributed by atoms with Gasteiger partial charge in [0.25, 0.3) is 0 Å². The van der Waals surface area contributed by atoms with Gasteiger partial charge in [-0.1, -0.05) is 0 Å². The van der Waals surface area contributed by atoms with Gasteiger partial charge in [0.2, 0.25) is 5.91 Å². The molecule has 5 heteroatoms. The van der Waals surface area contributed by atoms with Crippen LogP contribution in [-0.2, 0) is 0 Å². The lowest BCUT2D eigenvalue weighted by molar-refractivity contribution is 0.100. The minimum atomic E-state index is -0.422. The Morgan fingerprint density at radius 2 is 2.05 bits per heavy atom. The highest BCUT2D eigenvalue weighted by Gasteiger charge is 2.13. The second-order valence-electron chi connectivity index (χ2n) is 5.11. The fraction of sp³-hybridized carbons (Fsp3) is 0.500. The fourth-order valence-corrected chi connectivity index (χ4v) is 2.45. The number of rotatable bonds is 5. The number of nitrogens with zero attached hydrogens (tertiary/aromatic N) is 2. The van der Waals surface area contributed by atoms with Gasteiger partial charge in [0, 0.05) is 25.7 Å². The van der Waals surface area contributed by atoms with Crippen LogP contribution >= 0.6 is 0 Å². The third-order valence-corrected chi connectivity index (χ3v) is 3.68. The highest BCUT2D eigenvalue weighted by atomic mass is 16.1. The molecule has 2 rings (SSSR count). The largest absolute Gasteiger partial charge is 0.397 e. The average molecular weight is 262 g/mol. The van der Waals surface area contributed by atoms with Gasteiger partial charge in [0.05, 0.1) is 11.4 Å². The van der Waals surface area contributed by atoms with Crippen molar-refractivity contribution in [3.8, 4) is 0 Å². The molecule has 1 aromatic rings. The van der Waals surface area contributed by atoms with Crippen LogP contribution in [0.2, 0.25) is 0 Å². The van der Waals surface area contributed by atoms with Gasteiger partial charge in [0.1, 0.15) is 0 Å². The third kappa shape index (κ3) is 3.38. The Bertz CT molecular complexity index is 455. The Labute approximate surface area is 114 Å². The van der Waals surface area contributed by atoms with Gasteiger partial charge < -0.3 is 21.3 Å². The van der Waals surface area contributed by atoms with Crippen LogP contribution in [0.5, 0.6) is 0 Å². The topological polar surface area (TPSA) is 75.6 Å². The van der Waals surface area contributed by atoms with E-state index in [2.05, 4.69) is 9.80 Å². The molecule has 1 aromatic carbocycles. The second-order valence-corrected chi connectivity index (χ2v) is 5.11. The summed E-state index contributed by atoms with van der Waals surface area (Å²) in [7, 11) is 1.99. The molecule has 0 aliphatic carbocycles. The number of likely N-dealkylation sites (N-methyl/N-ethyl adjacent to an activating group) is 1. The van der Waals surface area contributed by atoms with Crippen LogP contribution in [-0.4, -0.2) is 44.0 Å². The number of carbonyl (C=O) groups is 1. The number of hydrogen-bond acceptors (Lipinski definition) is 4. The summed E-state index contributed by atoms with van der Waals surface area (Å²) in [6.45, 7) is 4.29. The summed E-state index contributed by atoms with van der Waals surface area (Å²) >= 11 is 0. The van der Waals surface area contributed by atoms with E-state index in [1.807, 2.05) is 7.05 Å². The van der Waals surface area contributed by atoms with Crippen molar-refractivity contribution >= 4 is 17.3 Å². The van der Waals surface area contributed by atoms with E-state index in [0.29, 0.717) is 11.3 Å². The summed E-state index contributed by atoms with van der Waals surface area (Å²) in [6.07, 6.45) is 2.59. The van der Waals surface area contributed by atoms with Crippen LogP contribution < -0.4 is 16.4 Å². The van der Waals surface area contributed by atoms with Crippen molar-refractivity contribution in [2.24, 2.45) is 5.73 Å². The van der Waals surface area contributed by atoms with Crippen molar-refractivity contribution in [1.29, 1.82) is 0 Å². The van der Waals surface area contributed by atoms with Gasteiger partial charge in [-0.3, -0.25) is 4.79 Å². The number of anilines is 2. The van der Waals surface area contributed by atoms with Crippen molar-refractivity contribution in [1.82, 2.24) is 4.90 Å². The van der Waals surface area contributed by atoms with E-state index in [1.54, 1.807) is 18.2 Å². The van der Waals surface area contributed by atoms with E-state index in [0.717, 1.165) is 18.8 Å². The lowest BCUT2D eigenvalue weighted by atomic mass is 10.1. The van der Waals surface area contributed by atoms with Crippen molar-refractivity contribution in [3.63, 3.8) is 0 Å². The summed E-state index contributed by atoms with van der Waals surface area (Å²) < 4.78 is 0. The smallest absolute Gasteiger partial charge is 0.248 e. The first-order valence-corrected chi connectivity index (χ1v) is 6.71. The maximum atomic E-state index is 11.2. The third-order valence-electron chi connectivity index (χ3n) is 3.68. The quantitative estimate of drug-likeness (QED) is 0.773. The summed E-state index contributed by atoms with van der Waals surface area (Å²) in [6, 6.07) is 5.17. The van der Waals surface area contributed by atoms with Gasteiger partial charge in [-0.25, -0.2) is 0 Å². The normalized spacial score (nSPS) is 15.6. The van der Waals surface area contributed by atoms with Crippen LogP contribution in [0.25, 0.3) is 0 Å². The first-order valence-electron chi connectivity index (χ1n) is 6.71. The second kappa shape index (κ2) is 5.93. The molecule has 1 aliphatic heterocycles. The molecule has 0 aromatic heterocycles. The van der Waals surface area contributed by atoms with Crippen LogP contribution in [0.3, 0.4) is 0 Å². The SMILES string of the molecule is CN(CCN1CCCC1)c1cc(C(N)=O)ccc1N. The number of nitrogen functional groups attached to an aromatic ring is 1. The Balaban J connectivity index is 2.02. The van der Waals surface area contributed by atoms with E-state index < -0.39 is 5.91 Å². The molecule has 0 bridgehead atoms. The molecule has 1 amide bonds. The van der Waals surface area contributed by atoms with Crippen molar-refractivity contribution in [2.45, 2.75) is 12.8 Å². The molecule has 1 saturated heterocycles. The monoisotopic (exact) mass is 262 g/mol. The predicted octanol–water partition coefficient (Wildman–Crippen LogP) is 0.900. The van der Waals surface area contributed by atoms with E-state index in [9.17, 15) is 4.79 Å². The Hall–Kier alpha value is -1.75. The molecule has 0 saturated carbocycles. The number of carbonyl (C=O) groups excluding carboxylic acids is 1. The number of benzene rings is 1. The molecule has 0 unspecified atom stereocenters. The molecular formula is C14H22N4O. The average Bonchev–Trinajstić information content (AvgIpc) is 2.89. The van der Waals surface area contributed by atoms with Crippen molar-refractivity contribution in [3.05, 3.63) is 23.8 Å². The van der Waals surface area contributed by atoms with Crippen LogP contribution in [0.15, 0.2) is 18.2 Å². The van der Waals surface area contributed by atoms with Gasteiger partial charge in [-0.15, -0.1) is 0 Å². The number of primary amides is 1. The molecule has 1 aliphatic rings. The molecule has 1 fully saturated rings. The fourth-order valence-electron chi connectivity index (χ4n) is 2.45. The highest BCUT2D eigenvalue weighted by molar-refractivity contribution is 5.95. The molecule has 19 heavy (non-hydrogen) atoms. The van der Waals surface area contributed by atoms with Crippen LogP contribution in [0.4, 0.5) is 11.4 Å². The summed E-state index contributed by atoms with van der Waals surface area (Å²) in [5.74, 6) is -0.422. The standard InChI is InChI=1S/C14H22N4O/c1-17(8-9-18-6-2-3-7-18)13-10-11(14(16)19)4-5-12(13)15/h4-5,10H,2-3,6-9,15H2,1H3,(H2,16,19). The van der Waals surface area contributed by atoms with E-state index in [-0.39, 0.29) is 0 Å². The molecular weight excluding hydrogens is 240 g/mol. The van der Waals surface area contributed by atoms with E-state index >= 15 is 0 Å². The Kier molecular flexibility index (Phi) is 4.27. The highest BCUT2D eigenvalue weighted by Crippen LogP contribution is 2.23. The maximum absolute atomic E-state index is 11.2. The molecule has 0 spiro atoms. The van der Waals surface area contributed by atoms with Crippen LogP contribution in [0, 0.1) is 0 Å². The number of hydrogen-bond donors (Lipinski definition) is 2. The predicted molar refractivity (Wildman–Crippen MR) is 78.3 cm³/mol. The van der Waals surface area contributed by atoms with E-state index in [4.69, 9.17) is 11.5 Å². The van der Waals surface area contributed by atoms with E-state index in [1.165, 1.54) is 25.9 Å². The number of amides is 1. The minimum Gasteiger partial charge on any atom is -0.397 e. The Morgan fingerprint density at radius 3 is 2.68 bits per heavy atom. The lowest BCUT2D eigenvalue weighted by Crippen LogP contribution is -2.31. The van der Waals surface area contributed by atoms with Crippen molar-refractivity contribution < 1.29 is 4.79 Å². The molecule has 5 nitrogen and oxygen atoms in total. The first-order chi connectivity index (χ1) is 9.08. The molecule has 0 atom stereocenters. The van der Waals surface area contributed by atoms with Gasteiger partial charge in [0.15, 0.2) is 0 Å². The van der Waals surface area contributed by atoms with Gasteiger partial charge >= 0.3 is 0 Å². The van der Waals surface area contributed by atoms with Gasteiger partial charge in [-0.05, 0) is 44.1 Å². The maximum Gasteiger partial charge on any atom is 0.248 e. The minimum absolute atomic E-state index is 0.422. The first kappa shape index (κ1) is 13.7. The molecule has 4 N–H and O–H groups in total. The summed E-state index contributed by atoms with van der Waals surface area (Å²) in [5, 5.41) is 0. The number of nitrogens with two attached hydrogens (primary N) is 2. The zero-order valence-corrected chi connectivity index (χ0v) is 11.4. The summed E-state index contributed by atoms with van der Waals surface area (Å²) in [4.78, 5) is 15.7.